The van der Waals surface area contributed by atoms with Crippen molar-refractivity contribution in [3.63, 3.8) is 0 Å². The molecule has 1 aliphatic rings. The van der Waals surface area contributed by atoms with Gasteiger partial charge in [-0.2, -0.15) is 0 Å². The number of aromatic amines is 1. The van der Waals surface area contributed by atoms with Gasteiger partial charge in [0.05, 0.1) is 25.3 Å². The summed E-state index contributed by atoms with van der Waals surface area (Å²) in [5, 5.41) is 8.55. The highest BCUT2D eigenvalue weighted by Crippen LogP contribution is 2.26. The van der Waals surface area contributed by atoms with Crippen LogP contribution in [0.25, 0.3) is 10.9 Å². The molecule has 0 saturated carbocycles. The lowest BCUT2D eigenvalue weighted by Gasteiger charge is -2.26. The van der Waals surface area contributed by atoms with Crippen molar-refractivity contribution < 1.29 is 33.4 Å². The summed E-state index contributed by atoms with van der Waals surface area (Å²) < 4.78 is 10.4. The number of rotatable bonds is 13. The van der Waals surface area contributed by atoms with E-state index in [1.54, 1.807) is 24.3 Å². The Balaban J connectivity index is 1.64. The molecular formula is C28H32N4O7. The Bertz CT molecular complexity index is 1310. The lowest BCUT2D eigenvalue weighted by atomic mass is 9.90. The quantitative estimate of drug-likeness (QED) is 0.173. The van der Waals surface area contributed by atoms with Crippen molar-refractivity contribution in [3.8, 4) is 5.75 Å². The number of hydrogen-bond donors (Lipinski definition) is 4. The fourth-order valence-corrected chi connectivity index (χ4v) is 4.21. The van der Waals surface area contributed by atoms with E-state index in [1.165, 1.54) is 25.3 Å². The molecule has 2 aromatic rings. The molecule has 1 fully saturated rings. The molecule has 0 bridgehead atoms. The number of esters is 1. The van der Waals surface area contributed by atoms with Gasteiger partial charge in [0, 0.05) is 23.4 Å². The molecule has 206 valence electrons. The molecule has 1 saturated heterocycles. The maximum absolute atomic E-state index is 13.0. The van der Waals surface area contributed by atoms with Crippen molar-refractivity contribution in [1.82, 2.24) is 20.9 Å². The number of amides is 3. The second kappa shape index (κ2) is 13.8. The van der Waals surface area contributed by atoms with Crippen LogP contribution in [-0.4, -0.2) is 67.3 Å². The Morgan fingerprint density at radius 2 is 2.03 bits per heavy atom. The zero-order valence-corrected chi connectivity index (χ0v) is 21.7. The Kier molecular flexibility index (Phi) is 10.2. The highest BCUT2D eigenvalue weighted by molar-refractivity contribution is 6.01. The summed E-state index contributed by atoms with van der Waals surface area (Å²) in [6, 6.07) is 5.84. The number of benzene rings is 1. The van der Waals surface area contributed by atoms with Gasteiger partial charge in [0.2, 0.25) is 11.8 Å². The molecule has 1 aromatic heterocycles. The second-order valence-electron chi connectivity index (χ2n) is 8.88. The molecule has 2 atom stereocenters. The van der Waals surface area contributed by atoms with E-state index in [4.69, 9.17) is 9.47 Å². The molecule has 0 aliphatic carbocycles. The van der Waals surface area contributed by atoms with Crippen molar-refractivity contribution in [2.24, 2.45) is 5.92 Å². The second-order valence-corrected chi connectivity index (χ2v) is 8.88. The molecule has 3 amide bonds. The summed E-state index contributed by atoms with van der Waals surface area (Å²) in [7, 11) is 1.53. The van der Waals surface area contributed by atoms with E-state index in [0.29, 0.717) is 29.6 Å². The number of allylic oxidation sites excluding steroid dienone is 2. The predicted octanol–water partition coefficient (Wildman–Crippen LogP) is 1.72. The largest absolute Gasteiger partial charge is 0.496 e. The lowest BCUT2D eigenvalue weighted by Crippen LogP contribution is -2.49. The Labute approximate surface area is 225 Å². The van der Waals surface area contributed by atoms with Crippen molar-refractivity contribution in [2.75, 3.05) is 26.8 Å². The fourth-order valence-electron chi connectivity index (χ4n) is 4.21. The number of piperidine rings is 1. The Morgan fingerprint density at radius 3 is 2.72 bits per heavy atom. The average Bonchev–Trinajstić information content (AvgIpc) is 3.38. The summed E-state index contributed by atoms with van der Waals surface area (Å²) in [6.07, 6.45) is 5.35. The molecule has 39 heavy (non-hydrogen) atoms. The molecule has 11 heteroatoms. The fraction of sp³-hybridized carbons (Fsp3) is 0.321. The molecule has 0 unspecified atom stereocenters. The van der Waals surface area contributed by atoms with Gasteiger partial charge < -0.3 is 30.4 Å². The van der Waals surface area contributed by atoms with E-state index in [9.17, 15) is 24.0 Å². The maximum Gasteiger partial charge on any atom is 0.338 e. The number of carbonyl (C=O) groups excluding carboxylic acids is 5. The topological polar surface area (TPSA) is 156 Å². The van der Waals surface area contributed by atoms with E-state index in [-0.39, 0.29) is 23.6 Å². The minimum Gasteiger partial charge on any atom is -0.496 e. The van der Waals surface area contributed by atoms with Gasteiger partial charge >= 0.3 is 5.97 Å². The summed E-state index contributed by atoms with van der Waals surface area (Å²) in [5.41, 5.74) is 1.03. The number of H-pyrrole nitrogens is 1. The van der Waals surface area contributed by atoms with Crippen LogP contribution in [0.4, 0.5) is 0 Å². The van der Waals surface area contributed by atoms with Crippen molar-refractivity contribution in [3.05, 3.63) is 66.9 Å². The van der Waals surface area contributed by atoms with Gasteiger partial charge in [-0.05, 0) is 43.5 Å². The molecule has 2 heterocycles. The number of ketones is 1. The highest BCUT2D eigenvalue weighted by Gasteiger charge is 2.30. The van der Waals surface area contributed by atoms with Crippen molar-refractivity contribution in [2.45, 2.75) is 25.3 Å². The number of hydrogen-bond acceptors (Lipinski definition) is 7. The van der Waals surface area contributed by atoms with Gasteiger partial charge in [-0.1, -0.05) is 31.4 Å². The maximum atomic E-state index is 13.0. The third-order valence-corrected chi connectivity index (χ3v) is 6.24. The Hall–Kier alpha value is -4.67. The van der Waals surface area contributed by atoms with E-state index in [0.717, 1.165) is 6.42 Å². The number of Topliss-reactive ketones (excluding diaryl/α,β-unsaturated/α-hetero) is 1. The normalized spacial score (nSPS) is 16.0. The molecule has 0 radical (unpaired) electrons. The third kappa shape index (κ3) is 7.67. The first-order valence-corrected chi connectivity index (χ1v) is 12.4. The van der Waals surface area contributed by atoms with Gasteiger partial charge in [0.25, 0.3) is 5.91 Å². The van der Waals surface area contributed by atoms with Crippen LogP contribution >= 0.6 is 0 Å². The van der Waals surface area contributed by atoms with Gasteiger partial charge in [-0.15, -0.1) is 0 Å². The average molecular weight is 537 g/mol. The molecule has 4 N–H and O–H groups in total. The van der Waals surface area contributed by atoms with Crippen LogP contribution in [0.1, 0.15) is 29.8 Å². The first-order valence-electron chi connectivity index (χ1n) is 12.4. The molecule has 3 rings (SSSR count). The number of nitrogens with one attached hydrogen (secondary N) is 4. The number of fused-ring (bicyclic) bond motifs is 1. The molecule has 11 nitrogen and oxygen atoms in total. The first kappa shape index (κ1) is 28.9. The molecule has 0 spiro atoms. The Morgan fingerprint density at radius 1 is 1.23 bits per heavy atom. The first-order chi connectivity index (χ1) is 18.8. The molecular weight excluding hydrogens is 504 g/mol. The van der Waals surface area contributed by atoms with Gasteiger partial charge in [0.15, 0.2) is 12.4 Å². The number of aromatic nitrogens is 1. The summed E-state index contributed by atoms with van der Waals surface area (Å²) in [5.74, 6) is -2.66. The lowest BCUT2D eigenvalue weighted by molar-refractivity contribution is -0.145. The van der Waals surface area contributed by atoms with Crippen LogP contribution in [0.2, 0.25) is 0 Å². The third-order valence-electron chi connectivity index (χ3n) is 6.24. The van der Waals surface area contributed by atoms with Crippen molar-refractivity contribution in [1.29, 1.82) is 0 Å². The van der Waals surface area contributed by atoms with Crippen LogP contribution in [-0.2, 0) is 23.9 Å². The summed E-state index contributed by atoms with van der Waals surface area (Å²) >= 11 is 0. The number of ether oxygens (including phenoxy) is 2. The van der Waals surface area contributed by atoms with Crippen LogP contribution in [0.15, 0.2) is 61.2 Å². The monoisotopic (exact) mass is 536 g/mol. The standard InChI is InChI=1S/C28H32N4O7/c1-4-8-17(5-2)28(37)39-16-23(33)21(13-18-9-7-12-29-26(18)35)32-25(34)15-30-27(36)22-14-19-20(31-22)10-6-11-24(19)38-3/h4-6,8,10-11,14,18,21,31H,1-2,7,9,12-13,15-16H2,3H3,(H,29,35)(H,30,36)(H,32,34)/b17-8+/t18-,21-/m0/s1. The van der Waals surface area contributed by atoms with Crippen LogP contribution in [0.3, 0.4) is 0 Å². The number of methoxy groups -OCH3 is 1. The van der Waals surface area contributed by atoms with Crippen LogP contribution in [0.5, 0.6) is 5.75 Å². The smallest absolute Gasteiger partial charge is 0.338 e. The van der Waals surface area contributed by atoms with Crippen molar-refractivity contribution >= 4 is 40.4 Å². The summed E-state index contributed by atoms with van der Waals surface area (Å²) in [6.45, 7) is 6.53. The van der Waals surface area contributed by atoms with Gasteiger partial charge in [-0.25, -0.2) is 4.79 Å². The zero-order valence-electron chi connectivity index (χ0n) is 21.7. The van der Waals surface area contributed by atoms with Crippen LogP contribution < -0.4 is 20.7 Å². The van der Waals surface area contributed by atoms with E-state index in [2.05, 4.69) is 34.1 Å². The minimum absolute atomic E-state index is 0.0283. The molecule has 1 aromatic carbocycles. The van der Waals surface area contributed by atoms with E-state index in [1.807, 2.05) is 0 Å². The van der Waals surface area contributed by atoms with Gasteiger partial charge in [0.1, 0.15) is 11.4 Å². The van der Waals surface area contributed by atoms with Crippen LogP contribution in [0, 0.1) is 5.92 Å². The zero-order chi connectivity index (χ0) is 28.4. The van der Waals surface area contributed by atoms with Gasteiger partial charge in [-0.3, -0.25) is 19.2 Å². The molecule has 1 aliphatic heterocycles. The predicted molar refractivity (Wildman–Crippen MR) is 144 cm³/mol. The SMILES string of the molecule is C=C/C=C(\C=C)C(=O)OCC(=O)[C@H](C[C@@H]1CCCNC1=O)NC(=O)CNC(=O)c1cc2c(OC)cccc2[nH]1. The van der Waals surface area contributed by atoms with E-state index >= 15 is 0 Å². The number of carbonyl (C=O) groups is 5. The van der Waals surface area contributed by atoms with E-state index < -0.39 is 48.7 Å². The highest BCUT2D eigenvalue weighted by atomic mass is 16.5. The minimum atomic E-state index is -1.11. The summed E-state index contributed by atoms with van der Waals surface area (Å²) in [4.78, 5) is 65.8.